The maximum absolute atomic E-state index is 6.72. The molecular formula is C45H27N3O. The highest BCUT2D eigenvalue weighted by molar-refractivity contribution is 6.44. The minimum Gasteiger partial charge on any atom is -0.455 e. The van der Waals surface area contributed by atoms with Gasteiger partial charge in [0.25, 0.3) is 0 Å². The second-order valence-electron chi connectivity index (χ2n) is 12.7. The van der Waals surface area contributed by atoms with E-state index >= 15 is 0 Å². The standard InChI is InChI=1S/C45H27N3O/c1-3-15-28(16-4-1)45-46-27-38(47(45)29-17-5-2-6-18-29)48-36-25-13-11-23-34(36)39-30-19-7-8-20-31(30)40-41(43(39)48)32-21-9-10-22-33(32)44-42(40)35-24-12-14-26-37(35)49-44/h1-27H. The third-order valence-corrected chi connectivity index (χ3v) is 10.1. The van der Waals surface area contributed by atoms with E-state index in [1.54, 1.807) is 0 Å². The molecule has 0 aliphatic heterocycles. The lowest BCUT2D eigenvalue weighted by atomic mass is 9.90. The van der Waals surface area contributed by atoms with Crippen molar-refractivity contribution in [3.05, 3.63) is 164 Å². The molecule has 11 aromatic rings. The van der Waals surface area contributed by atoms with Gasteiger partial charge in [0.1, 0.15) is 22.8 Å². The van der Waals surface area contributed by atoms with Crippen LogP contribution in [0.5, 0.6) is 0 Å². The first-order chi connectivity index (χ1) is 24.4. The van der Waals surface area contributed by atoms with E-state index in [0.717, 1.165) is 66.6 Å². The van der Waals surface area contributed by atoms with Crippen molar-refractivity contribution in [1.82, 2.24) is 14.1 Å². The molecule has 228 valence electrons. The average molecular weight is 626 g/mol. The molecule has 8 aromatic carbocycles. The second kappa shape index (κ2) is 9.93. The largest absolute Gasteiger partial charge is 0.455 e. The summed E-state index contributed by atoms with van der Waals surface area (Å²) in [6, 6.07) is 55.9. The van der Waals surface area contributed by atoms with Gasteiger partial charge in [0.15, 0.2) is 0 Å². The molecule has 49 heavy (non-hydrogen) atoms. The molecule has 3 heterocycles. The van der Waals surface area contributed by atoms with Crippen molar-refractivity contribution in [2.24, 2.45) is 0 Å². The van der Waals surface area contributed by atoms with Gasteiger partial charge in [-0.05, 0) is 40.4 Å². The number of hydrogen-bond donors (Lipinski definition) is 0. The summed E-state index contributed by atoms with van der Waals surface area (Å²) < 4.78 is 11.5. The average Bonchev–Trinajstić information content (AvgIpc) is 3.88. The van der Waals surface area contributed by atoms with E-state index in [1.807, 2.05) is 6.20 Å². The molecule has 0 saturated heterocycles. The molecule has 0 fully saturated rings. The first-order valence-corrected chi connectivity index (χ1v) is 16.7. The number of hydrogen-bond acceptors (Lipinski definition) is 2. The van der Waals surface area contributed by atoms with Crippen LogP contribution in [-0.4, -0.2) is 14.1 Å². The molecule has 4 nitrogen and oxygen atoms in total. The summed E-state index contributed by atoms with van der Waals surface area (Å²) in [5, 5.41) is 11.8. The van der Waals surface area contributed by atoms with Gasteiger partial charge in [-0.15, -0.1) is 0 Å². The van der Waals surface area contributed by atoms with E-state index in [4.69, 9.17) is 9.40 Å². The first-order valence-electron chi connectivity index (χ1n) is 16.7. The molecule has 0 unspecified atom stereocenters. The fourth-order valence-corrected chi connectivity index (χ4v) is 8.19. The quantitative estimate of drug-likeness (QED) is 0.183. The van der Waals surface area contributed by atoms with Crippen molar-refractivity contribution in [3.63, 3.8) is 0 Å². The smallest absolute Gasteiger partial charge is 0.146 e. The van der Waals surface area contributed by atoms with Crippen LogP contribution < -0.4 is 0 Å². The molecule has 4 heteroatoms. The Bertz CT molecular complexity index is 3090. The van der Waals surface area contributed by atoms with Crippen molar-refractivity contribution in [2.75, 3.05) is 0 Å². The van der Waals surface area contributed by atoms with Crippen LogP contribution in [0.1, 0.15) is 0 Å². The summed E-state index contributed by atoms with van der Waals surface area (Å²) in [7, 11) is 0. The molecular weight excluding hydrogens is 599 g/mol. The Labute approximate surface area is 280 Å². The van der Waals surface area contributed by atoms with E-state index in [2.05, 4.69) is 167 Å². The summed E-state index contributed by atoms with van der Waals surface area (Å²) in [6.45, 7) is 0. The highest BCUT2D eigenvalue weighted by atomic mass is 16.3. The van der Waals surface area contributed by atoms with E-state index in [9.17, 15) is 0 Å². The topological polar surface area (TPSA) is 35.9 Å². The maximum atomic E-state index is 6.72. The number of rotatable bonds is 3. The maximum Gasteiger partial charge on any atom is 0.146 e. The minimum atomic E-state index is 0.894. The van der Waals surface area contributed by atoms with Gasteiger partial charge in [0, 0.05) is 49.0 Å². The molecule has 11 rings (SSSR count). The molecule has 0 amide bonds. The predicted molar refractivity (Wildman–Crippen MR) is 203 cm³/mol. The summed E-state index contributed by atoms with van der Waals surface area (Å²) in [4.78, 5) is 5.15. The first kappa shape index (κ1) is 26.4. The number of fused-ring (bicyclic) bond motifs is 15. The van der Waals surface area contributed by atoms with Gasteiger partial charge in [-0.2, -0.15) is 0 Å². The monoisotopic (exact) mass is 625 g/mol. The van der Waals surface area contributed by atoms with E-state index in [0.29, 0.717) is 0 Å². The van der Waals surface area contributed by atoms with Crippen molar-refractivity contribution < 1.29 is 4.42 Å². The minimum absolute atomic E-state index is 0.894. The van der Waals surface area contributed by atoms with Gasteiger partial charge >= 0.3 is 0 Å². The number of para-hydroxylation sites is 3. The Morgan fingerprint density at radius 2 is 1.00 bits per heavy atom. The zero-order valence-corrected chi connectivity index (χ0v) is 26.3. The van der Waals surface area contributed by atoms with Crippen molar-refractivity contribution in [2.45, 2.75) is 0 Å². The number of nitrogens with zero attached hydrogens (tertiary/aromatic N) is 3. The Morgan fingerprint density at radius 3 is 1.76 bits per heavy atom. The number of aromatic nitrogens is 3. The van der Waals surface area contributed by atoms with Crippen LogP contribution in [0.3, 0.4) is 0 Å². The zero-order chi connectivity index (χ0) is 32.1. The van der Waals surface area contributed by atoms with E-state index < -0.39 is 0 Å². The van der Waals surface area contributed by atoms with Crippen LogP contribution in [0.2, 0.25) is 0 Å². The number of imidazole rings is 1. The van der Waals surface area contributed by atoms with Gasteiger partial charge in [-0.3, -0.25) is 9.13 Å². The molecule has 0 radical (unpaired) electrons. The molecule has 0 spiro atoms. The normalized spacial score (nSPS) is 12.1. The number of furan rings is 1. The van der Waals surface area contributed by atoms with Crippen molar-refractivity contribution in [3.8, 4) is 22.9 Å². The molecule has 0 N–H and O–H groups in total. The molecule has 0 aliphatic carbocycles. The Balaban J connectivity index is 1.45. The van der Waals surface area contributed by atoms with Crippen molar-refractivity contribution in [1.29, 1.82) is 0 Å². The molecule has 3 aromatic heterocycles. The molecule has 0 atom stereocenters. The van der Waals surface area contributed by atoms with E-state index in [-0.39, 0.29) is 0 Å². The Hall–Kier alpha value is -6.65. The lowest BCUT2D eigenvalue weighted by Crippen LogP contribution is -2.06. The second-order valence-corrected chi connectivity index (χ2v) is 12.7. The van der Waals surface area contributed by atoms with Gasteiger partial charge < -0.3 is 4.42 Å². The SMILES string of the molecule is c1ccc(-c2ncc(-n3c4ccccc4c4c5ccccc5c5c6c7ccccc7oc6c6ccccc6c5c43)n2-c2ccccc2)cc1. The molecule has 0 bridgehead atoms. The molecule has 0 saturated carbocycles. The van der Waals surface area contributed by atoms with Gasteiger partial charge in [0.05, 0.1) is 17.2 Å². The third-order valence-electron chi connectivity index (χ3n) is 10.1. The van der Waals surface area contributed by atoms with Crippen LogP contribution in [0.15, 0.2) is 168 Å². The highest BCUT2D eigenvalue weighted by Crippen LogP contribution is 2.49. The third kappa shape index (κ3) is 3.55. The van der Waals surface area contributed by atoms with Gasteiger partial charge in [0.2, 0.25) is 0 Å². The fraction of sp³-hybridized carbons (Fsp3) is 0. The Morgan fingerprint density at radius 1 is 0.429 bits per heavy atom. The van der Waals surface area contributed by atoms with Crippen LogP contribution >= 0.6 is 0 Å². The highest BCUT2D eigenvalue weighted by Gasteiger charge is 2.26. The van der Waals surface area contributed by atoms with Crippen LogP contribution in [-0.2, 0) is 0 Å². The van der Waals surface area contributed by atoms with Crippen LogP contribution in [0.4, 0.5) is 0 Å². The predicted octanol–water partition coefficient (Wildman–Crippen LogP) is 12.0. The molecule has 0 aliphatic rings. The lowest BCUT2D eigenvalue weighted by Gasteiger charge is -2.17. The van der Waals surface area contributed by atoms with E-state index in [1.165, 1.54) is 32.3 Å². The summed E-state index contributed by atoms with van der Waals surface area (Å²) in [6.07, 6.45) is 2.04. The zero-order valence-electron chi connectivity index (χ0n) is 26.3. The van der Waals surface area contributed by atoms with Gasteiger partial charge in [-0.1, -0.05) is 133 Å². The fourth-order valence-electron chi connectivity index (χ4n) is 8.19. The summed E-state index contributed by atoms with van der Waals surface area (Å²) >= 11 is 0. The lowest BCUT2D eigenvalue weighted by molar-refractivity contribution is 0.673. The summed E-state index contributed by atoms with van der Waals surface area (Å²) in [5.74, 6) is 1.87. The number of benzene rings is 8. The summed E-state index contributed by atoms with van der Waals surface area (Å²) in [5.41, 5.74) is 6.23. The Kier molecular flexibility index (Phi) is 5.35. The van der Waals surface area contributed by atoms with Crippen molar-refractivity contribution >= 4 is 76.1 Å². The van der Waals surface area contributed by atoms with Crippen LogP contribution in [0, 0.1) is 0 Å². The van der Waals surface area contributed by atoms with Crippen LogP contribution in [0.25, 0.3) is 99.0 Å². The van der Waals surface area contributed by atoms with Gasteiger partial charge in [-0.25, -0.2) is 4.98 Å².